The molecule has 0 spiro atoms. The SMILES string of the molecule is CCCCCC[P+](CC)(CC)CC.[Cl-]. The summed E-state index contributed by atoms with van der Waals surface area (Å²) < 4.78 is 0. The minimum atomic E-state index is -0.479. The maximum atomic E-state index is 2.40. The highest BCUT2D eigenvalue weighted by Crippen LogP contribution is 2.58. The zero-order chi connectivity index (χ0) is 10.2. The van der Waals surface area contributed by atoms with Crippen molar-refractivity contribution in [1.29, 1.82) is 0 Å². The van der Waals surface area contributed by atoms with Crippen LogP contribution in [0.3, 0.4) is 0 Å². The lowest BCUT2D eigenvalue weighted by Crippen LogP contribution is -3.00. The van der Waals surface area contributed by atoms with E-state index in [0.29, 0.717) is 0 Å². The van der Waals surface area contributed by atoms with Crippen LogP contribution in [0.1, 0.15) is 53.4 Å². The average Bonchev–Trinajstić information content (AvgIpc) is 2.20. The average molecular weight is 239 g/mol. The van der Waals surface area contributed by atoms with Crippen molar-refractivity contribution in [3.05, 3.63) is 0 Å². The summed E-state index contributed by atoms with van der Waals surface area (Å²) in [5.41, 5.74) is 0. The number of rotatable bonds is 8. The van der Waals surface area contributed by atoms with Crippen molar-refractivity contribution in [3.8, 4) is 0 Å². The molecule has 2 heteroatoms. The van der Waals surface area contributed by atoms with Gasteiger partial charge in [-0.15, -0.1) is 0 Å². The first-order valence-electron chi connectivity index (χ1n) is 6.09. The lowest BCUT2D eigenvalue weighted by atomic mass is 10.2. The third kappa shape index (κ3) is 6.25. The standard InChI is InChI=1S/C12H28P.ClH/c1-5-9-10-11-12-13(6-2,7-3)8-4;/h5-12H2,1-4H3;1H/q+1;/p-1. The van der Waals surface area contributed by atoms with Crippen LogP contribution in [0.5, 0.6) is 0 Å². The Bertz CT molecular complexity index is 103. The highest BCUT2D eigenvalue weighted by atomic mass is 35.5. The van der Waals surface area contributed by atoms with Gasteiger partial charge in [-0.25, -0.2) is 0 Å². The number of unbranched alkanes of at least 4 members (excludes halogenated alkanes) is 3. The lowest BCUT2D eigenvalue weighted by molar-refractivity contribution is -0.00000311. The van der Waals surface area contributed by atoms with Crippen LogP contribution in [0.4, 0.5) is 0 Å². The minimum Gasteiger partial charge on any atom is -1.00 e. The Morgan fingerprint density at radius 1 is 0.714 bits per heavy atom. The molecule has 0 atom stereocenters. The van der Waals surface area contributed by atoms with Gasteiger partial charge in [0.05, 0.1) is 24.6 Å². The van der Waals surface area contributed by atoms with Gasteiger partial charge in [0.25, 0.3) is 0 Å². The molecule has 0 saturated carbocycles. The highest BCUT2D eigenvalue weighted by molar-refractivity contribution is 7.75. The fourth-order valence-corrected chi connectivity index (χ4v) is 5.20. The van der Waals surface area contributed by atoms with E-state index >= 15 is 0 Å². The van der Waals surface area contributed by atoms with Crippen LogP contribution in [0, 0.1) is 0 Å². The molecule has 0 aromatic heterocycles. The molecule has 0 aliphatic carbocycles. The molecule has 0 amide bonds. The van der Waals surface area contributed by atoms with Gasteiger partial charge in [-0.05, 0) is 33.6 Å². The molecule has 0 unspecified atom stereocenters. The Balaban J connectivity index is 0. The van der Waals surface area contributed by atoms with E-state index in [1.54, 1.807) is 6.16 Å². The maximum Gasteiger partial charge on any atom is 0.0594 e. The Hall–Kier alpha value is 0.720. The topological polar surface area (TPSA) is 0 Å². The van der Waals surface area contributed by atoms with Gasteiger partial charge >= 0.3 is 0 Å². The van der Waals surface area contributed by atoms with Crippen molar-refractivity contribution >= 4 is 7.26 Å². The number of hydrogen-bond acceptors (Lipinski definition) is 0. The summed E-state index contributed by atoms with van der Waals surface area (Å²) in [6.45, 7) is 9.50. The molecule has 0 aromatic carbocycles. The molecule has 14 heavy (non-hydrogen) atoms. The molecule has 0 aromatic rings. The summed E-state index contributed by atoms with van der Waals surface area (Å²) >= 11 is 0. The largest absolute Gasteiger partial charge is 1.00 e. The van der Waals surface area contributed by atoms with E-state index in [1.165, 1.54) is 44.2 Å². The number of halogens is 1. The first-order valence-corrected chi connectivity index (χ1v) is 8.62. The third-order valence-electron chi connectivity index (χ3n) is 3.50. The van der Waals surface area contributed by atoms with Crippen molar-refractivity contribution < 1.29 is 12.4 Å². The van der Waals surface area contributed by atoms with E-state index in [2.05, 4.69) is 27.7 Å². The molecule has 0 nitrogen and oxygen atoms in total. The third-order valence-corrected chi connectivity index (χ3v) is 8.79. The van der Waals surface area contributed by atoms with Gasteiger partial charge in [-0.2, -0.15) is 0 Å². The molecule has 0 N–H and O–H groups in total. The van der Waals surface area contributed by atoms with E-state index in [0.717, 1.165) is 0 Å². The van der Waals surface area contributed by atoms with Crippen molar-refractivity contribution in [3.63, 3.8) is 0 Å². The van der Waals surface area contributed by atoms with Crippen molar-refractivity contribution in [2.45, 2.75) is 53.4 Å². The first kappa shape index (κ1) is 17.1. The molecular weight excluding hydrogens is 211 g/mol. The van der Waals surface area contributed by atoms with Crippen LogP contribution >= 0.6 is 7.26 Å². The molecule has 0 aliphatic rings. The van der Waals surface area contributed by atoms with Gasteiger partial charge in [0.1, 0.15) is 0 Å². The van der Waals surface area contributed by atoms with Crippen molar-refractivity contribution in [1.82, 2.24) is 0 Å². The monoisotopic (exact) mass is 238 g/mol. The van der Waals surface area contributed by atoms with Crippen LogP contribution in [-0.2, 0) is 0 Å². The summed E-state index contributed by atoms with van der Waals surface area (Å²) in [5, 5.41) is 0. The summed E-state index contributed by atoms with van der Waals surface area (Å²) in [7, 11) is -0.479. The van der Waals surface area contributed by atoms with Crippen molar-refractivity contribution in [2.75, 3.05) is 24.6 Å². The van der Waals surface area contributed by atoms with Crippen molar-refractivity contribution in [2.24, 2.45) is 0 Å². The smallest absolute Gasteiger partial charge is 0.0594 e. The second-order valence-electron chi connectivity index (χ2n) is 4.07. The summed E-state index contributed by atoms with van der Waals surface area (Å²) in [6.07, 6.45) is 11.8. The Kier molecular flexibility index (Phi) is 12.5. The van der Waals surface area contributed by atoms with E-state index < -0.39 is 7.26 Å². The summed E-state index contributed by atoms with van der Waals surface area (Å²) in [5.74, 6) is 0. The van der Waals surface area contributed by atoms with E-state index in [9.17, 15) is 0 Å². The van der Waals surface area contributed by atoms with Gasteiger partial charge in [0, 0.05) is 7.26 Å². The molecule has 0 bridgehead atoms. The van der Waals surface area contributed by atoms with Gasteiger partial charge in [-0.3, -0.25) is 0 Å². The fraction of sp³-hybridized carbons (Fsp3) is 1.00. The van der Waals surface area contributed by atoms with Crippen LogP contribution in [0.25, 0.3) is 0 Å². The van der Waals surface area contributed by atoms with E-state index in [1.807, 2.05) is 0 Å². The normalized spacial score (nSPS) is 11.1. The highest BCUT2D eigenvalue weighted by Gasteiger charge is 2.29. The zero-order valence-corrected chi connectivity index (χ0v) is 12.1. The van der Waals surface area contributed by atoms with Gasteiger partial charge < -0.3 is 12.4 Å². The van der Waals surface area contributed by atoms with Gasteiger partial charge in [-0.1, -0.05) is 19.8 Å². The Labute approximate surface area is 98.0 Å². The molecule has 88 valence electrons. The first-order chi connectivity index (χ1) is 6.24. The molecule has 0 fully saturated rings. The summed E-state index contributed by atoms with van der Waals surface area (Å²) in [6, 6.07) is 0. The molecule has 0 heterocycles. The summed E-state index contributed by atoms with van der Waals surface area (Å²) in [4.78, 5) is 0. The quantitative estimate of drug-likeness (QED) is 0.446. The Morgan fingerprint density at radius 2 is 1.21 bits per heavy atom. The minimum absolute atomic E-state index is 0. The predicted octanol–water partition coefficient (Wildman–Crippen LogP) is 1.65. The van der Waals surface area contributed by atoms with Crippen LogP contribution in [0.2, 0.25) is 0 Å². The predicted molar refractivity (Wildman–Crippen MR) is 67.6 cm³/mol. The fourth-order valence-electron chi connectivity index (χ4n) is 2.02. The molecule has 0 saturated heterocycles. The zero-order valence-electron chi connectivity index (χ0n) is 10.5. The molecule has 0 rings (SSSR count). The maximum absolute atomic E-state index is 2.40. The lowest BCUT2D eigenvalue weighted by Gasteiger charge is -2.23. The van der Waals surface area contributed by atoms with Gasteiger partial charge in [0.2, 0.25) is 0 Å². The molecule has 0 aliphatic heterocycles. The van der Waals surface area contributed by atoms with E-state index in [-0.39, 0.29) is 12.4 Å². The molecular formula is C12H28ClP. The second-order valence-corrected chi connectivity index (χ2v) is 9.10. The van der Waals surface area contributed by atoms with Crippen LogP contribution < -0.4 is 12.4 Å². The van der Waals surface area contributed by atoms with E-state index in [4.69, 9.17) is 0 Å². The second kappa shape index (κ2) is 10.2. The Morgan fingerprint density at radius 3 is 1.57 bits per heavy atom. The molecule has 0 radical (unpaired) electrons. The van der Waals surface area contributed by atoms with Crippen LogP contribution in [0.15, 0.2) is 0 Å². The number of hydrogen-bond donors (Lipinski definition) is 0. The van der Waals surface area contributed by atoms with Gasteiger partial charge in [0.15, 0.2) is 0 Å². The van der Waals surface area contributed by atoms with Crippen LogP contribution in [-0.4, -0.2) is 24.6 Å².